The van der Waals surface area contributed by atoms with Crippen molar-refractivity contribution in [3.8, 4) is 0 Å². The van der Waals surface area contributed by atoms with Crippen LogP contribution in [0.4, 0.5) is 4.39 Å². The van der Waals surface area contributed by atoms with Crippen LogP contribution in [0.15, 0.2) is 42.5 Å². The Morgan fingerprint density at radius 1 is 1.15 bits per heavy atom. The van der Waals surface area contributed by atoms with Gasteiger partial charge >= 0.3 is 0 Å². The summed E-state index contributed by atoms with van der Waals surface area (Å²) in [6.07, 6.45) is 2.17. The molecule has 1 unspecified atom stereocenters. The van der Waals surface area contributed by atoms with E-state index in [1.54, 1.807) is 12.1 Å². The zero-order chi connectivity index (χ0) is 14.5. The minimum Gasteiger partial charge on any atom is -0.309 e. The normalized spacial score (nSPS) is 12.4. The topological polar surface area (TPSA) is 12.0 Å². The van der Waals surface area contributed by atoms with Gasteiger partial charge in [-0.25, -0.2) is 4.39 Å². The minimum atomic E-state index is -0.157. The van der Waals surface area contributed by atoms with Gasteiger partial charge in [0.25, 0.3) is 0 Å². The van der Waals surface area contributed by atoms with Crippen molar-refractivity contribution in [3.05, 3.63) is 70.5 Å². The minimum absolute atomic E-state index is 0.105. The number of benzene rings is 2. The zero-order valence-electron chi connectivity index (χ0n) is 12.4. The monoisotopic (exact) mass is 271 g/mol. The van der Waals surface area contributed by atoms with Crippen LogP contribution in [0, 0.1) is 12.7 Å². The lowest BCUT2D eigenvalue weighted by Crippen LogP contribution is -2.19. The SMILES string of the molecule is CCCc1cccc(C(NC)c2cc(C)ccc2F)c1. The molecule has 0 amide bonds. The Hall–Kier alpha value is -1.67. The van der Waals surface area contributed by atoms with Crippen molar-refractivity contribution in [1.29, 1.82) is 0 Å². The van der Waals surface area contributed by atoms with Gasteiger partial charge in [0.05, 0.1) is 6.04 Å². The van der Waals surface area contributed by atoms with Crippen molar-refractivity contribution in [2.24, 2.45) is 0 Å². The number of rotatable bonds is 5. The molecule has 0 saturated carbocycles. The first-order valence-electron chi connectivity index (χ1n) is 7.18. The highest BCUT2D eigenvalue weighted by molar-refractivity contribution is 5.36. The number of aryl methyl sites for hydroxylation is 2. The van der Waals surface area contributed by atoms with E-state index in [0.717, 1.165) is 24.0 Å². The van der Waals surface area contributed by atoms with Crippen molar-refractivity contribution in [3.63, 3.8) is 0 Å². The molecule has 1 nitrogen and oxygen atoms in total. The maximum atomic E-state index is 14.1. The van der Waals surface area contributed by atoms with Gasteiger partial charge in [0.1, 0.15) is 5.82 Å². The summed E-state index contributed by atoms with van der Waals surface area (Å²) < 4.78 is 14.1. The molecule has 2 rings (SSSR count). The molecule has 0 bridgehead atoms. The van der Waals surface area contributed by atoms with E-state index in [9.17, 15) is 4.39 Å². The molecule has 0 aliphatic heterocycles. The fourth-order valence-electron chi connectivity index (χ4n) is 2.60. The van der Waals surface area contributed by atoms with Crippen molar-refractivity contribution >= 4 is 0 Å². The molecule has 0 radical (unpaired) electrons. The van der Waals surface area contributed by atoms with E-state index in [1.807, 2.05) is 20.0 Å². The summed E-state index contributed by atoms with van der Waals surface area (Å²) in [5, 5.41) is 3.23. The van der Waals surface area contributed by atoms with Crippen LogP contribution in [-0.2, 0) is 6.42 Å². The average Bonchev–Trinajstić information content (AvgIpc) is 2.44. The van der Waals surface area contributed by atoms with Gasteiger partial charge in [-0.05, 0) is 37.6 Å². The Morgan fingerprint density at radius 3 is 2.65 bits per heavy atom. The Labute approximate surface area is 120 Å². The summed E-state index contributed by atoms with van der Waals surface area (Å²) in [7, 11) is 1.87. The van der Waals surface area contributed by atoms with Gasteiger partial charge in [-0.3, -0.25) is 0 Å². The summed E-state index contributed by atoms with van der Waals surface area (Å²) in [4.78, 5) is 0. The molecule has 0 spiro atoms. The molecule has 1 N–H and O–H groups in total. The van der Waals surface area contributed by atoms with Gasteiger partial charge in [-0.2, -0.15) is 0 Å². The van der Waals surface area contributed by atoms with Crippen molar-refractivity contribution in [2.75, 3.05) is 7.05 Å². The van der Waals surface area contributed by atoms with Crippen LogP contribution in [0.2, 0.25) is 0 Å². The summed E-state index contributed by atoms with van der Waals surface area (Å²) >= 11 is 0. The lowest BCUT2D eigenvalue weighted by atomic mass is 9.95. The molecule has 0 fully saturated rings. The van der Waals surface area contributed by atoms with E-state index in [-0.39, 0.29) is 11.9 Å². The summed E-state index contributed by atoms with van der Waals surface area (Å²) in [6, 6.07) is 13.6. The summed E-state index contributed by atoms with van der Waals surface area (Å²) in [6.45, 7) is 4.16. The fraction of sp³-hybridized carbons (Fsp3) is 0.333. The Kier molecular flexibility index (Phi) is 4.91. The van der Waals surface area contributed by atoms with Gasteiger partial charge in [0.15, 0.2) is 0 Å². The molecule has 0 aromatic heterocycles. The van der Waals surface area contributed by atoms with E-state index in [1.165, 1.54) is 5.56 Å². The van der Waals surface area contributed by atoms with Gasteiger partial charge < -0.3 is 5.32 Å². The first kappa shape index (κ1) is 14.7. The zero-order valence-corrected chi connectivity index (χ0v) is 12.4. The fourth-order valence-corrected chi connectivity index (χ4v) is 2.60. The summed E-state index contributed by atoms with van der Waals surface area (Å²) in [5.74, 6) is -0.157. The van der Waals surface area contributed by atoms with Crippen molar-refractivity contribution < 1.29 is 4.39 Å². The molecular weight excluding hydrogens is 249 g/mol. The second-order valence-electron chi connectivity index (χ2n) is 5.24. The average molecular weight is 271 g/mol. The van der Waals surface area contributed by atoms with Crippen LogP contribution in [0.1, 0.15) is 41.6 Å². The molecule has 0 aliphatic carbocycles. The number of hydrogen-bond acceptors (Lipinski definition) is 1. The molecule has 1 atom stereocenters. The highest BCUT2D eigenvalue weighted by Crippen LogP contribution is 2.26. The van der Waals surface area contributed by atoms with Crippen LogP contribution in [0.3, 0.4) is 0 Å². The molecule has 2 aromatic rings. The number of halogens is 1. The standard InChI is InChI=1S/C18H22FN/c1-4-6-14-7-5-8-15(12-14)18(20-3)16-11-13(2)9-10-17(16)19/h5,7-12,18,20H,4,6H2,1-3H3. The van der Waals surface area contributed by atoms with Crippen LogP contribution in [0.25, 0.3) is 0 Å². The molecule has 2 heteroatoms. The second-order valence-corrected chi connectivity index (χ2v) is 5.24. The molecule has 20 heavy (non-hydrogen) atoms. The Morgan fingerprint density at radius 2 is 1.95 bits per heavy atom. The highest BCUT2D eigenvalue weighted by Gasteiger charge is 2.16. The first-order chi connectivity index (χ1) is 9.65. The quantitative estimate of drug-likeness (QED) is 0.850. The maximum absolute atomic E-state index is 14.1. The van der Waals surface area contributed by atoms with Crippen LogP contribution >= 0.6 is 0 Å². The third kappa shape index (κ3) is 3.26. The van der Waals surface area contributed by atoms with Gasteiger partial charge in [0.2, 0.25) is 0 Å². The third-order valence-electron chi connectivity index (χ3n) is 3.57. The number of hydrogen-bond donors (Lipinski definition) is 1. The van der Waals surface area contributed by atoms with Crippen LogP contribution in [0.5, 0.6) is 0 Å². The molecule has 2 aromatic carbocycles. The lowest BCUT2D eigenvalue weighted by molar-refractivity contribution is 0.575. The van der Waals surface area contributed by atoms with Crippen LogP contribution < -0.4 is 5.32 Å². The van der Waals surface area contributed by atoms with E-state index in [2.05, 4.69) is 36.5 Å². The smallest absolute Gasteiger partial charge is 0.128 e. The number of nitrogens with one attached hydrogen (secondary N) is 1. The van der Waals surface area contributed by atoms with Crippen LogP contribution in [-0.4, -0.2) is 7.05 Å². The van der Waals surface area contributed by atoms with E-state index >= 15 is 0 Å². The van der Waals surface area contributed by atoms with E-state index < -0.39 is 0 Å². The lowest BCUT2D eigenvalue weighted by Gasteiger charge is -2.19. The third-order valence-corrected chi connectivity index (χ3v) is 3.57. The van der Waals surface area contributed by atoms with E-state index in [0.29, 0.717) is 5.56 Å². The molecule has 0 aliphatic rings. The van der Waals surface area contributed by atoms with Crippen molar-refractivity contribution in [2.45, 2.75) is 32.7 Å². The van der Waals surface area contributed by atoms with Gasteiger partial charge in [0, 0.05) is 5.56 Å². The predicted octanol–water partition coefficient (Wildman–Crippen LogP) is 4.40. The molecule has 106 valence electrons. The van der Waals surface area contributed by atoms with Gasteiger partial charge in [-0.1, -0.05) is 55.3 Å². The highest BCUT2D eigenvalue weighted by atomic mass is 19.1. The largest absolute Gasteiger partial charge is 0.309 e. The van der Waals surface area contributed by atoms with Crippen molar-refractivity contribution in [1.82, 2.24) is 5.32 Å². The van der Waals surface area contributed by atoms with E-state index in [4.69, 9.17) is 0 Å². The molecule has 0 heterocycles. The van der Waals surface area contributed by atoms with Gasteiger partial charge in [-0.15, -0.1) is 0 Å². The Bertz CT molecular complexity index is 577. The second kappa shape index (κ2) is 6.67. The molecular formula is C18H22FN. The Balaban J connectivity index is 2.41. The first-order valence-corrected chi connectivity index (χ1v) is 7.18. The summed E-state index contributed by atoms with van der Waals surface area (Å²) in [5.41, 5.74) is 4.20. The predicted molar refractivity (Wildman–Crippen MR) is 82.5 cm³/mol. The maximum Gasteiger partial charge on any atom is 0.128 e. The molecule has 0 saturated heterocycles.